The lowest BCUT2D eigenvalue weighted by Gasteiger charge is -2.30. The molecule has 6 nitrogen and oxygen atoms in total. The maximum absolute atomic E-state index is 12.8. The smallest absolute Gasteiger partial charge is 0.323 e. The summed E-state index contributed by atoms with van der Waals surface area (Å²) in [6, 6.07) is 7.31. The molecule has 1 rings (SSSR count). The van der Waals surface area contributed by atoms with E-state index in [0.717, 1.165) is 11.3 Å². The van der Waals surface area contributed by atoms with E-state index in [9.17, 15) is 9.59 Å². The van der Waals surface area contributed by atoms with Crippen LogP contribution in [0.5, 0.6) is 5.75 Å². The lowest BCUT2D eigenvalue weighted by Crippen LogP contribution is -2.45. The highest BCUT2D eigenvalue weighted by Crippen LogP contribution is 2.32. The topological polar surface area (TPSA) is 65.1 Å². The second-order valence-electron chi connectivity index (χ2n) is 6.10. The number of ether oxygens (including phenoxy) is 3. The first-order valence-corrected chi connectivity index (χ1v) is 8.51. The van der Waals surface area contributed by atoms with E-state index in [1.165, 1.54) is 0 Å². The molecule has 0 heterocycles. The summed E-state index contributed by atoms with van der Waals surface area (Å²) in [7, 11) is 5.39. The highest BCUT2D eigenvalue weighted by Gasteiger charge is 2.48. The number of carbonyl (C=O) groups is 2. The number of esters is 2. The number of hydrogen-bond donors (Lipinski definition) is 0. The first-order chi connectivity index (χ1) is 11.9. The molecule has 0 aliphatic heterocycles. The second kappa shape index (κ2) is 10.0. The fraction of sp³-hybridized carbons (Fsp3) is 0.579. The van der Waals surface area contributed by atoms with Crippen LogP contribution in [0, 0.1) is 5.41 Å². The van der Waals surface area contributed by atoms with Crippen molar-refractivity contribution < 1.29 is 23.8 Å². The van der Waals surface area contributed by atoms with Gasteiger partial charge in [-0.05, 0) is 65.0 Å². The molecule has 0 fully saturated rings. The molecule has 0 saturated heterocycles. The Labute approximate surface area is 150 Å². The number of rotatable bonds is 10. The van der Waals surface area contributed by atoms with Gasteiger partial charge in [-0.1, -0.05) is 12.1 Å². The Hall–Kier alpha value is -2.08. The molecule has 0 saturated carbocycles. The Morgan fingerprint density at radius 2 is 1.52 bits per heavy atom. The van der Waals surface area contributed by atoms with E-state index in [0.29, 0.717) is 13.0 Å². The summed E-state index contributed by atoms with van der Waals surface area (Å²) in [4.78, 5) is 27.4. The zero-order chi connectivity index (χ0) is 18.9. The van der Waals surface area contributed by atoms with Gasteiger partial charge in [-0.15, -0.1) is 0 Å². The monoisotopic (exact) mass is 351 g/mol. The van der Waals surface area contributed by atoms with Crippen molar-refractivity contribution in [2.45, 2.75) is 26.7 Å². The molecule has 0 bridgehead atoms. The lowest BCUT2D eigenvalue weighted by molar-refractivity contribution is -0.173. The molecule has 1 aromatic rings. The minimum atomic E-state index is -1.36. The third kappa shape index (κ3) is 5.74. The van der Waals surface area contributed by atoms with Crippen LogP contribution >= 0.6 is 0 Å². The normalized spacial score (nSPS) is 11.3. The molecule has 25 heavy (non-hydrogen) atoms. The van der Waals surface area contributed by atoms with E-state index in [2.05, 4.69) is 0 Å². The fourth-order valence-electron chi connectivity index (χ4n) is 2.56. The van der Waals surface area contributed by atoms with Crippen LogP contribution in [-0.2, 0) is 25.5 Å². The van der Waals surface area contributed by atoms with Gasteiger partial charge >= 0.3 is 11.9 Å². The standard InChI is InChI=1S/C19H29NO5/c1-6-24-17(21)19(12-13-20(3)4,18(22)25-7-2)14-15-8-10-16(23-5)11-9-15/h8-11H,6-7,12-14H2,1-5H3. The van der Waals surface area contributed by atoms with Crippen LogP contribution in [0.1, 0.15) is 25.8 Å². The van der Waals surface area contributed by atoms with Gasteiger partial charge in [-0.25, -0.2) is 0 Å². The number of methoxy groups -OCH3 is 1. The van der Waals surface area contributed by atoms with Crippen molar-refractivity contribution in [1.29, 1.82) is 0 Å². The third-order valence-electron chi connectivity index (χ3n) is 3.98. The zero-order valence-corrected chi connectivity index (χ0v) is 15.8. The van der Waals surface area contributed by atoms with Gasteiger partial charge in [0.2, 0.25) is 0 Å². The summed E-state index contributed by atoms with van der Waals surface area (Å²) in [6.07, 6.45) is 0.548. The molecule has 0 aliphatic carbocycles. The van der Waals surface area contributed by atoms with Crippen LogP contribution in [0.25, 0.3) is 0 Å². The SMILES string of the molecule is CCOC(=O)C(CCN(C)C)(Cc1ccc(OC)cc1)C(=O)OCC. The maximum Gasteiger partial charge on any atom is 0.323 e. The average molecular weight is 351 g/mol. The van der Waals surface area contributed by atoms with E-state index >= 15 is 0 Å². The number of hydrogen-bond acceptors (Lipinski definition) is 6. The summed E-state index contributed by atoms with van der Waals surface area (Å²) in [6.45, 7) is 4.45. The Balaban J connectivity index is 3.22. The van der Waals surface area contributed by atoms with Crippen LogP contribution in [-0.4, -0.2) is 57.8 Å². The fourth-order valence-corrected chi connectivity index (χ4v) is 2.56. The predicted octanol–water partition coefficient (Wildman–Crippen LogP) is 2.30. The van der Waals surface area contributed by atoms with Crippen molar-refractivity contribution in [1.82, 2.24) is 4.90 Å². The number of carbonyl (C=O) groups excluding carboxylic acids is 2. The van der Waals surface area contributed by atoms with Gasteiger partial charge < -0.3 is 19.1 Å². The largest absolute Gasteiger partial charge is 0.497 e. The zero-order valence-electron chi connectivity index (χ0n) is 15.8. The number of nitrogens with zero attached hydrogens (tertiary/aromatic N) is 1. The summed E-state index contributed by atoms with van der Waals surface area (Å²) in [5, 5.41) is 0. The molecule has 0 atom stereocenters. The molecule has 0 N–H and O–H groups in total. The summed E-state index contributed by atoms with van der Waals surface area (Å²) >= 11 is 0. The Bertz CT molecular complexity index is 535. The van der Waals surface area contributed by atoms with Gasteiger partial charge in [-0.3, -0.25) is 9.59 Å². The lowest BCUT2D eigenvalue weighted by atomic mass is 9.78. The van der Waals surface area contributed by atoms with Crippen LogP contribution < -0.4 is 4.74 Å². The quantitative estimate of drug-likeness (QED) is 0.476. The number of benzene rings is 1. The van der Waals surface area contributed by atoms with Crippen molar-refractivity contribution in [2.75, 3.05) is 41.0 Å². The molecule has 0 aromatic heterocycles. The van der Waals surface area contributed by atoms with Crippen LogP contribution in [0.2, 0.25) is 0 Å². The molecule has 0 aliphatic rings. The van der Waals surface area contributed by atoms with E-state index in [-0.39, 0.29) is 19.6 Å². The maximum atomic E-state index is 12.8. The first-order valence-electron chi connectivity index (χ1n) is 8.51. The minimum absolute atomic E-state index is 0.213. The Morgan fingerprint density at radius 3 is 1.92 bits per heavy atom. The van der Waals surface area contributed by atoms with E-state index in [1.54, 1.807) is 21.0 Å². The molecule has 0 amide bonds. The first kappa shape index (κ1) is 21.0. The minimum Gasteiger partial charge on any atom is -0.497 e. The van der Waals surface area contributed by atoms with E-state index in [1.807, 2.05) is 43.3 Å². The van der Waals surface area contributed by atoms with Gasteiger partial charge in [0.15, 0.2) is 5.41 Å². The third-order valence-corrected chi connectivity index (χ3v) is 3.98. The molecule has 140 valence electrons. The van der Waals surface area contributed by atoms with Crippen molar-refractivity contribution in [3.05, 3.63) is 29.8 Å². The van der Waals surface area contributed by atoms with Crippen LogP contribution in [0.4, 0.5) is 0 Å². The summed E-state index contributed by atoms with van der Waals surface area (Å²) < 4.78 is 15.6. The molecule has 1 aromatic carbocycles. The summed E-state index contributed by atoms with van der Waals surface area (Å²) in [5.41, 5.74) is -0.508. The van der Waals surface area contributed by atoms with Crippen LogP contribution in [0.3, 0.4) is 0 Å². The van der Waals surface area contributed by atoms with Gasteiger partial charge in [-0.2, -0.15) is 0 Å². The van der Waals surface area contributed by atoms with Gasteiger partial charge in [0.25, 0.3) is 0 Å². The highest BCUT2D eigenvalue weighted by molar-refractivity contribution is 6.00. The molecule has 0 spiro atoms. The second-order valence-corrected chi connectivity index (χ2v) is 6.10. The van der Waals surface area contributed by atoms with Gasteiger partial charge in [0, 0.05) is 0 Å². The van der Waals surface area contributed by atoms with E-state index < -0.39 is 17.4 Å². The van der Waals surface area contributed by atoms with Crippen molar-refractivity contribution in [3.8, 4) is 5.75 Å². The molecule has 0 unspecified atom stereocenters. The molecule has 0 radical (unpaired) electrons. The van der Waals surface area contributed by atoms with Gasteiger partial charge in [0.1, 0.15) is 5.75 Å². The van der Waals surface area contributed by atoms with Crippen molar-refractivity contribution >= 4 is 11.9 Å². The van der Waals surface area contributed by atoms with Crippen LogP contribution in [0.15, 0.2) is 24.3 Å². The summed E-state index contributed by atoms with van der Waals surface area (Å²) in [5.74, 6) is -0.354. The predicted molar refractivity (Wildman–Crippen MR) is 95.6 cm³/mol. The Kier molecular flexibility index (Phi) is 8.41. The van der Waals surface area contributed by atoms with Gasteiger partial charge in [0.05, 0.1) is 20.3 Å². The van der Waals surface area contributed by atoms with Crippen molar-refractivity contribution in [3.63, 3.8) is 0 Å². The molecular formula is C19H29NO5. The van der Waals surface area contributed by atoms with E-state index in [4.69, 9.17) is 14.2 Å². The molecule has 6 heteroatoms. The highest BCUT2D eigenvalue weighted by atomic mass is 16.6. The average Bonchev–Trinajstić information content (AvgIpc) is 2.59. The van der Waals surface area contributed by atoms with Crippen molar-refractivity contribution in [2.24, 2.45) is 5.41 Å². The molecular weight excluding hydrogens is 322 g/mol. The Morgan fingerprint density at radius 1 is 1.00 bits per heavy atom.